The Morgan fingerprint density at radius 3 is 2.18 bits per heavy atom. The van der Waals surface area contributed by atoms with Gasteiger partial charge in [0.1, 0.15) is 0 Å². The lowest BCUT2D eigenvalue weighted by atomic mass is 10.1. The molecule has 2 fully saturated rings. The third-order valence-electron chi connectivity index (χ3n) is 4.16. The van der Waals surface area contributed by atoms with Gasteiger partial charge in [0.05, 0.1) is 6.10 Å². The molecule has 0 aliphatic carbocycles. The molecule has 0 spiro atoms. The lowest BCUT2D eigenvalue weighted by Gasteiger charge is -2.30. The van der Waals surface area contributed by atoms with Crippen LogP contribution in [0.15, 0.2) is 0 Å². The maximum absolute atomic E-state index is 12.2. The lowest BCUT2D eigenvalue weighted by molar-refractivity contribution is 0.0602. The zero-order valence-electron chi connectivity index (χ0n) is 13.1. The Labute approximate surface area is 132 Å². The Hall–Kier alpha value is -0.900. The second-order valence-corrected chi connectivity index (χ2v) is 7.45. The van der Waals surface area contributed by atoms with Crippen LogP contribution in [0.3, 0.4) is 0 Å². The van der Waals surface area contributed by atoms with E-state index in [4.69, 9.17) is 4.74 Å². The molecule has 2 amide bonds. The van der Waals surface area contributed by atoms with Crippen LogP contribution in [0.4, 0.5) is 4.79 Å². The van der Waals surface area contributed by atoms with E-state index in [1.54, 1.807) is 12.1 Å². The SMILES string of the molecule is COC1CCN(S(=O)(=O)NC(=O)NN2CCCCCC2)CC1. The third kappa shape index (κ3) is 5.08. The molecule has 2 aliphatic rings. The normalized spacial score (nSPS) is 23.0. The molecular weight excluding hydrogens is 308 g/mol. The first-order chi connectivity index (χ1) is 10.5. The summed E-state index contributed by atoms with van der Waals surface area (Å²) in [6, 6.07) is -0.684. The number of hydrazine groups is 1. The van der Waals surface area contributed by atoms with Crippen LogP contribution in [0, 0.1) is 0 Å². The van der Waals surface area contributed by atoms with Crippen molar-refractivity contribution in [3.8, 4) is 0 Å². The van der Waals surface area contributed by atoms with Gasteiger partial charge < -0.3 is 4.74 Å². The van der Waals surface area contributed by atoms with Crippen molar-refractivity contribution in [2.75, 3.05) is 33.3 Å². The fourth-order valence-electron chi connectivity index (χ4n) is 2.84. The van der Waals surface area contributed by atoms with E-state index in [0.717, 1.165) is 38.8 Å². The summed E-state index contributed by atoms with van der Waals surface area (Å²) in [6.07, 6.45) is 5.70. The fourth-order valence-corrected chi connectivity index (χ4v) is 3.94. The number of ether oxygens (including phenoxy) is 1. The Balaban J connectivity index is 1.81. The molecule has 2 aliphatic heterocycles. The van der Waals surface area contributed by atoms with E-state index >= 15 is 0 Å². The second kappa shape index (κ2) is 8.09. The molecule has 0 aromatic carbocycles. The number of urea groups is 1. The Morgan fingerprint density at radius 1 is 1.05 bits per heavy atom. The summed E-state index contributed by atoms with van der Waals surface area (Å²) in [6.45, 7) is 2.25. The summed E-state index contributed by atoms with van der Waals surface area (Å²) >= 11 is 0. The molecule has 0 atom stereocenters. The van der Waals surface area contributed by atoms with E-state index in [2.05, 4.69) is 10.1 Å². The van der Waals surface area contributed by atoms with E-state index in [9.17, 15) is 13.2 Å². The lowest BCUT2D eigenvalue weighted by Crippen LogP contribution is -2.54. The van der Waals surface area contributed by atoms with E-state index in [1.807, 2.05) is 0 Å². The van der Waals surface area contributed by atoms with Gasteiger partial charge in [0.15, 0.2) is 0 Å². The number of hydrogen-bond acceptors (Lipinski definition) is 5. The number of rotatable bonds is 4. The number of hydrogen-bond donors (Lipinski definition) is 2. The van der Waals surface area contributed by atoms with Crippen LogP contribution in [0.2, 0.25) is 0 Å². The van der Waals surface area contributed by atoms with Gasteiger partial charge in [-0.2, -0.15) is 12.7 Å². The van der Waals surface area contributed by atoms with Crippen molar-refractivity contribution in [3.63, 3.8) is 0 Å². The number of piperidine rings is 1. The molecule has 2 heterocycles. The molecule has 0 radical (unpaired) electrons. The zero-order chi connectivity index (χ0) is 16.0. The minimum Gasteiger partial charge on any atom is -0.381 e. The number of methoxy groups -OCH3 is 1. The summed E-state index contributed by atoms with van der Waals surface area (Å²) in [5, 5.41) is 1.79. The van der Waals surface area contributed by atoms with Crippen LogP contribution < -0.4 is 10.1 Å². The predicted octanol–water partition coefficient (Wildman–Crippen LogP) is 0.432. The van der Waals surface area contributed by atoms with Crippen LogP contribution in [0.1, 0.15) is 38.5 Å². The van der Waals surface area contributed by atoms with Gasteiger partial charge in [0, 0.05) is 33.3 Å². The minimum atomic E-state index is -3.79. The summed E-state index contributed by atoms with van der Waals surface area (Å²) in [4.78, 5) is 11.9. The van der Waals surface area contributed by atoms with E-state index < -0.39 is 16.2 Å². The smallest absolute Gasteiger partial charge is 0.343 e. The van der Waals surface area contributed by atoms with Crippen LogP contribution in [0.5, 0.6) is 0 Å². The number of amides is 2. The Kier molecular flexibility index (Phi) is 6.42. The van der Waals surface area contributed by atoms with Crippen molar-refractivity contribution in [2.24, 2.45) is 0 Å². The van der Waals surface area contributed by atoms with Crippen LogP contribution in [-0.4, -0.2) is 63.2 Å². The quantitative estimate of drug-likeness (QED) is 0.778. The average Bonchev–Trinajstić information content (AvgIpc) is 2.75. The van der Waals surface area contributed by atoms with E-state index in [-0.39, 0.29) is 6.10 Å². The van der Waals surface area contributed by atoms with Crippen molar-refractivity contribution in [3.05, 3.63) is 0 Å². The molecule has 9 heteroatoms. The average molecular weight is 334 g/mol. The molecular formula is C13H26N4O4S. The minimum absolute atomic E-state index is 0.0948. The number of nitrogens with one attached hydrogen (secondary N) is 2. The van der Waals surface area contributed by atoms with E-state index in [1.165, 1.54) is 4.31 Å². The monoisotopic (exact) mass is 334 g/mol. The van der Waals surface area contributed by atoms with Gasteiger partial charge in [-0.1, -0.05) is 12.8 Å². The van der Waals surface area contributed by atoms with Crippen molar-refractivity contribution >= 4 is 16.2 Å². The molecule has 2 N–H and O–H groups in total. The van der Waals surface area contributed by atoms with Crippen molar-refractivity contribution in [1.29, 1.82) is 0 Å². The third-order valence-corrected chi connectivity index (χ3v) is 5.65. The van der Waals surface area contributed by atoms with Gasteiger partial charge in [-0.25, -0.2) is 14.5 Å². The topological polar surface area (TPSA) is 91.0 Å². The first kappa shape index (κ1) is 17.5. The molecule has 2 rings (SSSR count). The highest BCUT2D eigenvalue weighted by Crippen LogP contribution is 2.15. The standard InChI is InChI=1S/C13H26N4O4S/c1-21-12-6-10-17(11-7-12)22(19,20)15-13(18)14-16-8-4-2-3-5-9-16/h12H,2-11H2,1H3,(H2,14,15,18). The maximum Gasteiger partial charge on any atom is 0.343 e. The van der Waals surface area contributed by atoms with Gasteiger partial charge in [-0.3, -0.25) is 5.43 Å². The van der Waals surface area contributed by atoms with Gasteiger partial charge in [-0.15, -0.1) is 0 Å². The molecule has 128 valence electrons. The first-order valence-electron chi connectivity index (χ1n) is 7.87. The number of carbonyl (C=O) groups excluding carboxylic acids is 1. The molecule has 8 nitrogen and oxygen atoms in total. The van der Waals surface area contributed by atoms with Crippen LogP contribution in [0.25, 0.3) is 0 Å². The molecule has 22 heavy (non-hydrogen) atoms. The maximum atomic E-state index is 12.2. The van der Waals surface area contributed by atoms with Crippen molar-refractivity contribution in [1.82, 2.24) is 19.5 Å². The molecule has 2 saturated heterocycles. The summed E-state index contributed by atoms with van der Waals surface area (Å²) in [5.41, 5.74) is 2.63. The van der Waals surface area contributed by atoms with Crippen LogP contribution >= 0.6 is 0 Å². The highest BCUT2D eigenvalue weighted by molar-refractivity contribution is 7.87. The van der Waals surface area contributed by atoms with E-state index in [0.29, 0.717) is 25.9 Å². The van der Waals surface area contributed by atoms with Gasteiger partial charge in [0.2, 0.25) is 0 Å². The predicted molar refractivity (Wildman–Crippen MR) is 82.2 cm³/mol. The Bertz CT molecular complexity index is 455. The van der Waals surface area contributed by atoms with Crippen molar-refractivity contribution in [2.45, 2.75) is 44.6 Å². The zero-order valence-corrected chi connectivity index (χ0v) is 13.9. The summed E-state index contributed by atoms with van der Waals surface area (Å²) < 4.78 is 33.0. The number of carbonyl (C=O) groups is 1. The number of nitrogens with zero attached hydrogens (tertiary/aromatic N) is 2. The first-order valence-corrected chi connectivity index (χ1v) is 9.31. The molecule has 0 bridgehead atoms. The highest BCUT2D eigenvalue weighted by Gasteiger charge is 2.29. The van der Waals surface area contributed by atoms with Gasteiger partial charge >= 0.3 is 16.2 Å². The Morgan fingerprint density at radius 2 is 1.64 bits per heavy atom. The van der Waals surface area contributed by atoms with Crippen molar-refractivity contribution < 1.29 is 17.9 Å². The van der Waals surface area contributed by atoms with Crippen LogP contribution in [-0.2, 0) is 14.9 Å². The highest BCUT2D eigenvalue weighted by atomic mass is 32.2. The summed E-state index contributed by atoms with van der Waals surface area (Å²) in [7, 11) is -2.16. The summed E-state index contributed by atoms with van der Waals surface area (Å²) in [5.74, 6) is 0. The second-order valence-electron chi connectivity index (χ2n) is 5.78. The largest absolute Gasteiger partial charge is 0.381 e. The molecule has 0 aromatic heterocycles. The molecule has 0 saturated carbocycles. The molecule has 0 aromatic rings. The van der Waals surface area contributed by atoms with Gasteiger partial charge in [0.25, 0.3) is 0 Å². The molecule has 0 unspecified atom stereocenters. The fraction of sp³-hybridized carbons (Fsp3) is 0.923. The van der Waals surface area contributed by atoms with Gasteiger partial charge in [-0.05, 0) is 25.7 Å².